The summed E-state index contributed by atoms with van der Waals surface area (Å²) in [6, 6.07) is 0. The zero-order chi connectivity index (χ0) is 12.2. The Bertz CT molecular complexity index is 266. The van der Waals surface area contributed by atoms with Gasteiger partial charge >= 0.3 is 0 Å². The highest BCUT2D eigenvalue weighted by atomic mass is 15.4. The van der Waals surface area contributed by atoms with Crippen molar-refractivity contribution in [3.05, 3.63) is 24.6 Å². The Morgan fingerprint density at radius 2 is 2.06 bits per heavy atom. The molecule has 0 aromatic rings. The minimum atomic E-state index is 0.120. The van der Waals surface area contributed by atoms with Crippen LogP contribution in [-0.4, -0.2) is 29.1 Å². The summed E-state index contributed by atoms with van der Waals surface area (Å²) >= 11 is 0. The molecule has 1 aliphatic rings. The third-order valence-electron chi connectivity index (χ3n) is 3.38. The molecule has 0 fully saturated rings. The normalized spacial score (nSPS) is 18.8. The van der Waals surface area contributed by atoms with E-state index in [-0.39, 0.29) is 5.54 Å². The lowest BCUT2D eigenvalue weighted by Crippen LogP contribution is -2.39. The second-order valence-electron chi connectivity index (χ2n) is 5.47. The first-order valence-corrected chi connectivity index (χ1v) is 6.28. The first-order valence-electron chi connectivity index (χ1n) is 6.28. The van der Waals surface area contributed by atoms with Gasteiger partial charge < -0.3 is 9.80 Å². The Morgan fingerprint density at radius 1 is 1.38 bits per heavy atom. The van der Waals surface area contributed by atoms with Crippen LogP contribution in [0.5, 0.6) is 0 Å². The molecule has 0 N–H and O–H groups in total. The van der Waals surface area contributed by atoms with Crippen LogP contribution in [0.2, 0.25) is 0 Å². The van der Waals surface area contributed by atoms with E-state index in [9.17, 15) is 0 Å². The van der Waals surface area contributed by atoms with Crippen LogP contribution in [0.15, 0.2) is 24.6 Å². The zero-order valence-electron chi connectivity index (χ0n) is 11.4. The Kier molecular flexibility index (Phi) is 4.45. The average molecular weight is 222 g/mol. The van der Waals surface area contributed by atoms with Gasteiger partial charge in [0.05, 0.1) is 12.2 Å². The summed E-state index contributed by atoms with van der Waals surface area (Å²) in [5, 5.41) is 0. The Hall–Kier alpha value is -0.920. The van der Waals surface area contributed by atoms with Crippen LogP contribution in [0.3, 0.4) is 0 Å². The lowest BCUT2D eigenvalue weighted by Gasteiger charge is -2.33. The Balaban J connectivity index is 2.48. The van der Waals surface area contributed by atoms with E-state index in [1.54, 1.807) is 0 Å². The maximum absolute atomic E-state index is 2.36. The third kappa shape index (κ3) is 3.58. The van der Waals surface area contributed by atoms with Gasteiger partial charge in [0, 0.05) is 19.4 Å². The standard InChI is InChI=1S/C14H26N2/c1-6-13(2)8-7-9-14(3,4)16-11-10-15(5)12-16/h7,9-11,13H,6,8,12H2,1-5H3. The summed E-state index contributed by atoms with van der Waals surface area (Å²) in [6.45, 7) is 10.1. The number of hydrogen-bond donors (Lipinski definition) is 0. The number of allylic oxidation sites excluding steroid dienone is 1. The minimum Gasteiger partial charge on any atom is -0.362 e. The van der Waals surface area contributed by atoms with Crippen LogP contribution in [0.4, 0.5) is 0 Å². The minimum absolute atomic E-state index is 0.120. The van der Waals surface area contributed by atoms with Crippen LogP contribution < -0.4 is 0 Å². The van der Waals surface area contributed by atoms with Crippen molar-refractivity contribution in [2.75, 3.05) is 13.7 Å². The van der Waals surface area contributed by atoms with E-state index < -0.39 is 0 Å². The number of nitrogens with zero attached hydrogens (tertiary/aromatic N) is 2. The molecule has 92 valence electrons. The van der Waals surface area contributed by atoms with E-state index in [0.717, 1.165) is 12.6 Å². The first-order chi connectivity index (χ1) is 7.45. The van der Waals surface area contributed by atoms with E-state index in [0.29, 0.717) is 0 Å². The van der Waals surface area contributed by atoms with Crippen molar-refractivity contribution in [3.8, 4) is 0 Å². The van der Waals surface area contributed by atoms with Gasteiger partial charge in [-0.25, -0.2) is 0 Å². The van der Waals surface area contributed by atoms with Crippen LogP contribution in [0, 0.1) is 5.92 Å². The highest BCUT2D eigenvalue weighted by Gasteiger charge is 2.24. The molecule has 1 unspecified atom stereocenters. The molecular weight excluding hydrogens is 196 g/mol. The fraction of sp³-hybridized carbons (Fsp3) is 0.714. The van der Waals surface area contributed by atoms with Crippen LogP contribution in [0.25, 0.3) is 0 Å². The fourth-order valence-electron chi connectivity index (χ4n) is 1.75. The molecule has 2 nitrogen and oxygen atoms in total. The molecule has 1 rings (SSSR count). The van der Waals surface area contributed by atoms with Crippen LogP contribution >= 0.6 is 0 Å². The summed E-state index contributed by atoms with van der Waals surface area (Å²) in [7, 11) is 2.11. The molecule has 0 aromatic heterocycles. The largest absolute Gasteiger partial charge is 0.362 e. The van der Waals surface area contributed by atoms with Crippen LogP contribution in [-0.2, 0) is 0 Å². The van der Waals surface area contributed by atoms with Gasteiger partial charge in [0.25, 0.3) is 0 Å². The van der Waals surface area contributed by atoms with E-state index in [1.807, 2.05) is 0 Å². The van der Waals surface area contributed by atoms with E-state index in [1.165, 1.54) is 12.8 Å². The smallest absolute Gasteiger partial charge is 0.0898 e. The van der Waals surface area contributed by atoms with Gasteiger partial charge in [-0.05, 0) is 26.2 Å². The molecule has 0 aliphatic carbocycles. The highest BCUT2D eigenvalue weighted by molar-refractivity contribution is 5.08. The summed E-state index contributed by atoms with van der Waals surface area (Å²) in [5.41, 5.74) is 0.120. The molecule has 0 spiro atoms. The molecule has 1 aliphatic heterocycles. The maximum atomic E-state index is 2.36. The molecule has 1 heterocycles. The maximum Gasteiger partial charge on any atom is 0.0898 e. The molecule has 0 bridgehead atoms. The van der Waals surface area contributed by atoms with Gasteiger partial charge in [-0.2, -0.15) is 0 Å². The van der Waals surface area contributed by atoms with Crippen molar-refractivity contribution >= 4 is 0 Å². The number of rotatable bonds is 5. The molecule has 16 heavy (non-hydrogen) atoms. The highest BCUT2D eigenvalue weighted by Crippen LogP contribution is 2.21. The molecule has 0 amide bonds. The monoisotopic (exact) mass is 222 g/mol. The molecule has 1 atom stereocenters. The summed E-state index contributed by atoms with van der Waals surface area (Å²) in [6.07, 6.45) is 11.4. The van der Waals surface area contributed by atoms with Crippen molar-refractivity contribution in [2.24, 2.45) is 5.92 Å². The quantitative estimate of drug-likeness (QED) is 0.658. The predicted octanol–water partition coefficient (Wildman–Crippen LogP) is 3.43. The van der Waals surface area contributed by atoms with Crippen molar-refractivity contribution in [3.63, 3.8) is 0 Å². The van der Waals surface area contributed by atoms with Gasteiger partial charge in [-0.3, -0.25) is 0 Å². The van der Waals surface area contributed by atoms with Gasteiger partial charge in [0.2, 0.25) is 0 Å². The topological polar surface area (TPSA) is 6.48 Å². The average Bonchev–Trinajstić information content (AvgIpc) is 2.65. The van der Waals surface area contributed by atoms with Gasteiger partial charge in [-0.1, -0.05) is 32.4 Å². The molecular formula is C14H26N2. The molecule has 2 heteroatoms. The first kappa shape index (κ1) is 13.1. The predicted molar refractivity (Wildman–Crippen MR) is 70.9 cm³/mol. The molecule has 0 saturated carbocycles. The third-order valence-corrected chi connectivity index (χ3v) is 3.38. The van der Waals surface area contributed by atoms with E-state index >= 15 is 0 Å². The summed E-state index contributed by atoms with van der Waals surface area (Å²) < 4.78 is 0. The summed E-state index contributed by atoms with van der Waals surface area (Å²) in [5.74, 6) is 0.795. The molecule has 0 aromatic carbocycles. The Morgan fingerprint density at radius 3 is 2.56 bits per heavy atom. The van der Waals surface area contributed by atoms with Crippen molar-refractivity contribution in [1.29, 1.82) is 0 Å². The van der Waals surface area contributed by atoms with E-state index in [4.69, 9.17) is 0 Å². The second kappa shape index (κ2) is 5.42. The van der Waals surface area contributed by atoms with E-state index in [2.05, 4.69) is 69.1 Å². The fourth-order valence-corrected chi connectivity index (χ4v) is 1.75. The van der Waals surface area contributed by atoms with Gasteiger partial charge in [0.1, 0.15) is 0 Å². The van der Waals surface area contributed by atoms with Crippen molar-refractivity contribution in [1.82, 2.24) is 9.80 Å². The second-order valence-corrected chi connectivity index (χ2v) is 5.47. The van der Waals surface area contributed by atoms with Gasteiger partial charge in [0.15, 0.2) is 0 Å². The molecule has 0 radical (unpaired) electrons. The van der Waals surface area contributed by atoms with Crippen LogP contribution in [0.1, 0.15) is 40.5 Å². The van der Waals surface area contributed by atoms with Gasteiger partial charge in [-0.15, -0.1) is 0 Å². The molecule has 0 saturated heterocycles. The number of hydrogen-bond acceptors (Lipinski definition) is 2. The zero-order valence-corrected chi connectivity index (χ0v) is 11.4. The Labute approximate surface area is 101 Å². The lowest BCUT2D eigenvalue weighted by molar-refractivity contribution is 0.198. The van der Waals surface area contributed by atoms with Crippen molar-refractivity contribution in [2.45, 2.75) is 46.1 Å². The van der Waals surface area contributed by atoms with Crippen molar-refractivity contribution < 1.29 is 0 Å². The summed E-state index contributed by atoms with van der Waals surface area (Å²) in [4.78, 5) is 4.56. The SMILES string of the molecule is CCC(C)CC=CC(C)(C)N1C=CN(C)C1. The lowest BCUT2D eigenvalue weighted by atomic mass is 9.99.